The van der Waals surface area contributed by atoms with Crippen LogP contribution in [0.25, 0.3) is 0 Å². The summed E-state index contributed by atoms with van der Waals surface area (Å²) >= 11 is 0. The van der Waals surface area contributed by atoms with Gasteiger partial charge >= 0.3 is 0 Å². The highest BCUT2D eigenvalue weighted by Crippen LogP contribution is 2.24. The molecule has 0 aromatic carbocycles. The van der Waals surface area contributed by atoms with Crippen molar-refractivity contribution in [3.05, 3.63) is 41.4 Å². The van der Waals surface area contributed by atoms with Gasteiger partial charge in [-0.05, 0) is 20.3 Å². The summed E-state index contributed by atoms with van der Waals surface area (Å²) in [5.41, 5.74) is 2.78. The molecule has 1 aliphatic rings. The second-order valence-electron chi connectivity index (χ2n) is 6.17. The number of aromatic nitrogens is 4. The Hall–Kier alpha value is -2.61. The molecule has 8 nitrogen and oxygen atoms in total. The lowest BCUT2D eigenvalue weighted by atomic mass is 10.2. The molecule has 8 heteroatoms. The number of aryl methyl sites for hydroxylation is 1. The maximum atomic E-state index is 11.9. The molecule has 1 amide bonds. The maximum absolute atomic E-state index is 11.9. The largest absolute Gasteiger partial charge is 0.355 e. The third-order valence-electron chi connectivity index (χ3n) is 4.47. The molecule has 25 heavy (non-hydrogen) atoms. The summed E-state index contributed by atoms with van der Waals surface area (Å²) in [5, 5.41) is 6.10. The molecule has 3 rings (SSSR count). The fraction of sp³-hybridized carbons (Fsp3) is 0.471. The van der Waals surface area contributed by atoms with Crippen molar-refractivity contribution in [2.75, 3.05) is 25.0 Å². The predicted molar refractivity (Wildman–Crippen MR) is 94.4 cm³/mol. The van der Waals surface area contributed by atoms with Gasteiger partial charge in [0.25, 0.3) is 5.91 Å². The van der Waals surface area contributed by atoms with Crippen molar-refractivity contribution in [1.82, 2.24) is 30.6 Å². The molecule has 0 spiro atoms. The van der Waals surface area contributed by atoms with Gasteiger partial charge < -0.3 is 15.5 Å². The van der Waals surface area contributed by atoms with Crippen LogP contribution in [-0.4, -0.2) is 52.0 Å². The zero-order valence-corrected chi connectivity index (χ0v) is 14.8. The van der Waals surface area contributed by atoms with Crippen molar-refractivity contribution in [2.24, 2.45) is 0 Å². The first-order valence-corrected chi connectivity index (χ1v) is 8.39. The molecule has 1 saturated heterocycles. The first-order valence-electron chi connectivity index (χ1n) is 8.39. The van der Waals surface area contributed by atoms with Crippen LogP contribution in [0.5, 0.6) is 0 Å². The van der Waals surface area contributed by atoms with Crippen LogP contribution in [0.4, 0.5) is 5.82 Å². The van der Waals surface area contributed by atoms with Crippen LogP contribution in [0.1, 0.15) is 34.0 Å². The molecule has 132 valence electrons. The molecular weight excluding hydrogens is 318 g/mol. The van der Waals surface area contributed by atoms with Gasteiger partial charge in [-0.15, -0.1) is 0 Å². The number of amides is 1. The van der Waals surface area contributed by atoms with Gasteiger partial charge in [-0.25, -0.2) is 9.97 Å². The molecule has 1 aliphatic heterocycles. The van der Waals surface area contributed by atoms with Crippen molar-refractivity contribution >= 4 is 11.7 Å². The topological polar surface area (TPSA) is 95.9 Å². The molecular formula is C17H23N7O. The first-order chi connectivity index (χ1) is 12.1. The van der Waals surface area contributed by atoms with Gasteiger partial charge in [0, 0.05) is 62.6 Å². The maximum Gasteiger partial charge on any atom is 0.288 e. The fourth-order valence-corrected chi connectivity index (χ4v) is 2.92. The van der Waals surface area contributed by atoms with E-state index in [0.29, 0.717) is 12.6 Å². The normalized spacial score (nSPS) is 16.9. The first kappa shape index (κ1) is 17.2. The zero-order valence-electron chi connectivity index (χ0n) is 14.8. The third kappa shape index (κ3) is 3.90. The van der Waals surface area contributed by atoms with Crippen LogP contribution in [0.2, 0.25) is 0 Å². The van der Waals surface area contributed by atoms with E-state index in [4.69, 9.17) is 0 Å². The predicted octanol–water partition coefficient (Wildman–Crippen LogP) is 0.612. The number of nitrogens with one attached hydrogen (secondary N) is 2. The van der Waals surface area contributed by atoms with E-state index in [-0.39, 0.29) is 11.7 Å². The highest BCUT2D eigenvalue weighted by molar-refractivity contribution is 5.90. The van der Waals surface area contributed by atoms with E-state index in [1.54, 1.807) is 25.6 Å². The summed E-state index contributed by atoms with van der Waals surface area (Å²) in [6.07, 6.45) is 6.15. The van der Waals surface area contributed by atoms with E-state index in [9.17, 15) is 4.79 Å². The molecule has 2 aromatic heterocycles. The van der Waals surface area contributed by atoms with E-state index in [2.05, 4.69) is 35.5 Å². The van der Waals surface area contributed by atoms with Crippen molar-refractivity contribution in [3.8, 4) is 0 Å². The molecule has 1 atom stereocenters. The smallest absolute Gasteiger partial charge is 0.288 e. The molecule has 0 aliphatic carbocycles. The van der Waals surface area contributed by atoms with Crippen LogP contribution in [0.3, 0.4) is 0 Å². The second kappa shape index (κ2) is 7.52. The Bertz CT molecular complexity index is 750. The van der Waals surface area contributed by atoms with Crippen molar-refractivity contribution in [1.29, 1.82) is 0 Å². The van der Waals surface area contributed by atoms with Crippen LogP contribution in [-0.2, 0) is 6.54 Å². The zero-order chi connectivity index (χ0) is 17.8. The lowest BCUT2D eigenvalue weighted by Crippen LogP contribution is -2.33. The standard InChI is InChI=1S/C17H23N7O/c1-11-12(2)22-15(17(25)18-3)23-16(11)24-7-4-13(10-24)21-9-14-8-19-5-6-20-14/h5-6,8,13,21H,4,7,9-10H2,1-3H3,(H,18,25)/t13-/m1/s1. The number of carbonyl (C=O) groups is 1. The van der Waals surface area contributed by atoms with Crippen LogP contribution < -0.4 is 15.5 Å². The lowest BCUT2D eigenvalue weighted by molar-refractivity contribution is 0.0952. The summed E-state index contributed by atoms with van der Waals surface area (Å²) in [6, 6.07) is 0.347. The van der Waals surface area contributed by atoms with Gasteiger partial charge in [0.05, 0.1) is 5.69 Å². The number of hydrogen-bond acceptors (Lipinski definition) is 7. The fourth-order valence-electron chi connectivity index (χ4n) is 2.92. The van der Waals surface area contributed by atoms with Crippen molar-refractivity contribution in [2.45, 2.75) is 32.9 Å². The lowest BCUT2D eigenvalue weighted by Gasteiger charge is -2.21. The SMILES string of the molecule is CNC(=O)c1nc(C)c(C)c(N2CC[C@@H](NCc3cnccn3)C2)n1. The van der Waals surface area contributed by atoms with Gasteiger partial charge in [0.15, 0.2) is 0 Å². The van der Waals surface area contributed by atoms with Gasteiger partial charge in [-0.2, -0.15) is 0 Å². The molecule has 3 heterocycles. The Morgan fingerprint density at radius 2 is 2.16 bits per heavy atom. The summed E-state index contributed by atoms with van der Waals surface area (Å²) in [6.45, 7) is 6.33. The minimum atomic E-state index is -0.263. The summed E-state index contributed by atoms with van der Waals surface area (Å²) in [7, 11) is 1.59. The Labute approximate surface area is 147 Å². The number of hydrogen-bond donors (Lipinski definition) is 2. The Morgan fingerprint density at radius 3 is 2.88 bits per heavy atom. The quantitative estimate of drug-likeness (QED) is 0.822. The van der Waals surface area contributed by atoms with E-state index < -0.39 is 0 Å². The Morgan fingerprint density at radius 1 is 1.32 bits per heavy atom. The van der Waals surface area contributed by atoms with E-state index in [1.165, 1.54) is 0 Å². The molecule has 0 bridgehead atoms. The molecule has 2 aromatic rings. The van der Waals surface area contributed by atoms with Gasteiger partial charge in [0.2, 0.25) is 5.82 Å². The van der Waals surface area contributed by atoms with Crippen LogP contribution >= 0.6 is 0 Å². The molecule has 0 saturated carbocycles. The van der Waals surface area contributed by atoms with Gasteiger partial charge in [-0.3, -0.25) is 14.8 Å². The average molecular weight is 341 g/mol. The summed E-state index contributed by atoms with van der Waals surface area (Å²) < 4.78 is 0. The van der Waals surface area contributed by atoms with E-state index >= 15 is 0 Å². The Balaban J connectivity index is 1.69. The summed E-state index contributed by atoms with van der Waals surface area (Å²) in [4.78, 5) is 31.2. The number of nitrogens with zero attached hydrogens (tertiary/aromatic N) is 5. The monoisotopic (exact) mass is 341 g/mol. The second-order valence-corrected chi connectivity index (χ2v) is 6.17. The van der Waals surface area contributed by atoms with Gasteiger partial charge in [0.1, 0.15) is 5.82 Å². The molecule has 2 N–H and O–H groups in total. The van der Waals surface area contributed by atoms with Crippen molar-refractivity contribution < 1.29 is 4.79 Å². The van der Waals surface area contributed by atoms with Gasteiger partial charge in [-0.1, -0.05) is 0 Å². The van der Waals surface area contributed by atoms with Crippen LogP contribution in [0.15, 0.2) is 18.6 Å². The minimum absolute atomic E-state index is 0.219. The molecule has 1 fully saturated rings. The highest BCUT2D eigenvalue weighted by Gasteiger charge is 2.26. The summed E-state index contributed by atoms with van der Waals surface area (Å²) in [5.74, 6) is 0.798. The number of carbonyl (C=O) groups excluding carboxylic acids is 1. The minimum Gasteiger partial charge on any atom is -0.355 e. The van der Waals surface area contributed by atoms with Crippen molar-refractivity contribution in [3.63, 3.8) is 0 Å². The van der Waals surface area contributed by atoms with E-state index in [1.807, 2.05) is 13.8 Å². The highest BCUT2D eigenvalue weighted by atomic mass is 16.2. The van der Waals surface area contributed by atoms with E-state index in [0.717, 1.165) is 42.3 Å². The molecule has 0 unspecified atom stereocenters. The third-order valence-corrected chi connectivity index (χ3v) is 4.47. The average Bonchev–Trinajstić information content (AvgIpc) is 3.11. The Kier molecular flexibility index (Phi) is 5.18. The number of rotatable bonds is 5. The van der Waals surface area contributed by atoms with Crippen LogP contribution in [0, 0.1) is 13.8 Å². The number of anilines is 1. The molecule has 0 radical (unpaired) electrons.